The average molecular weight is 265 g/mol. The molecule has 1 atom stereocenters. The molecule has 2 rings (SSSR count). The summed E-state index contributed by atoms with van der Waals surface area (Å²) < 4.78 is 44.2. The second kappa shape index (κ2) is 4.77. The van der Waals surface area contributed by atoms with Crippen molar-refractivity contribution in [1.29, 1.82) is 0 Å². The van der Waals surface area contributed by atoms with Crippen LogP contribution in [0.5, 0.6) is 5.75 Å². The van der Waals surface area contributed by atoms with Gasteiger partial charge >= 0.3 is 0 Å². The Bertz CT molecular complexity index is 409. The molecule has 0 amide bonds. The summed E-state index contributed by atoms with van der Waals surface area (Å²) in [6, 6.07) is 4.07. The molecular formula is C12H12ClF3O. The second-order valence-corrected chi connectivity index (χ2v) is 4.76. The Hall–Kier alpha value is -0.900. The summed E-state index contributed by atoms with van der Waals surface area (Å²) in [4.78, 5) is 0. The molecule has 1 fully saturated rings. The Kier molecular flexibility index (Phi) is 3.52. The first kappa shape index (κ1) is 12.6. The predicted octanol–water partition coefficient (Wildman–Crippen LogP) is 4.29. The van der Waals surface area contributed by atoms with Gasteiger partial charge in [-0.25, -0.2) is 13.2 Å². The van der Waals surface area contributed by atoms with Crippen molar-refractivity contribution in [2.24, 2.45) is 5.92 Å². The fraction of sp³-hybridized carbons (Fsp3) is 0.500. The van der Waals surface area contributed by atoms with E-state index >= 15 is 0 Å². The van der Waals surface area contributed by atoms with E-state index in [0.29, 0.717) is 12.2 Å². The molecule has 1 aliphatic rings. The van der Waals surface area contributed by atoms with Gasteiger partial charge in [-0.1, -0.05) is 11.6 Å². The van der Waals surface area contributed by atoms with Crippen molar-refractivity contribution in [2.45, 2.75) is 25.2 Å². The SMILES string of the molecule is Fc1cc(OCC2CCC(F)(F)C2)ccc1Cl. The molecule has 0 bridgehead atoms. The Morgan fingerprint density at radius 2 is 2.18 bits per heavy atom. The van der Waals surface area contributed by atoms with Crippen LogP contribution in [-0.2, 0) is 0 Å². The van der Waals surface area contributed by atoms with Gasteiger partial charge in [-0.05, 0) is 24.5 Å². The summed E-state index contributed by atoms with van der Waals surface area (Å²) in [5, 5.41) is 0.0183. The third-order valence-corrected chi connectivity index (χ3v) is 3.19. The number of ether oxygens (including phenoxy) is 1. The molecule has 94 valence electrons. The molecule has 0 radical (unpaired) electrons. The number of halogens is 4. The number of alkyl halides is 2. The minimum absolute atomic E-state index is 0.0183. The number of benzene rings is 1. The predicted molar refractivity (Wildman–Crippen MR) is 59.2 cm³/mol. The van der Waals surface area contributed by atoms with Crippen LogP contribution in [0.25, 0.3) is 0 Å². The van der Waals surface area contributed by atoms with Crippen LogP contribution in [0.1, 0.15) is 19.3 Å². The van der Waals surface area contributed by atoms with E-state index in [9.17, 15) is 13.2 Å². The normalized spacial score (nSPS) is 22.7. The van der Waals surface area contributed by atoms with Gasteiger partial charge in [0, 0.05) is 18.9 Å². The van der Waals surface area contributed by atoms with Crippen molar-refractivity contribution < 1.29 is 17.9 Å². The Labute approximate surface area is 103 Å². The lowest BCUT2D eigenvalue weighted by atomic mass is 10.1. The third kappa shape index (κ3) is 3.28. The van der Waals surface area contributed by atoms with E-state index in [2.05, 4.69) is 0 Å². The van der Waals surface area contributed by atoms with Crippen LogP contribution in [0.15, 0.2) is 18.2 Å². The molecule has 1 nitrogen and oxygen atoms in total. The first-order chi connectivity index (χ1) is 7.96. The fourth-order valence-electron chi connectivity index (χ4n) is 1.96. The molecule has 5 heteroatoms. The molecule has 1 aromatic rings. The van der Waals surface area contributed by atoms with Gasteiger partial charge in [0.15, 0.2) is 0 Å². The molecule has 0 saturated heterocycles. The Morgan fingerprint density at radius 3 is 2.76 bits per heavy atom. The minimum atomic E-state index is -2.57. The topological polar surface area (TPSA) is 9.23 Å². The molecule has 1 aromatic carbocycles. The molecule has 17 heavy (non-hydrogen) atoms. The molecule has 0 heterocycles. The maximum atomic E-state index is 13.1. The highest BCUT2D eigenvalue weighted by Gasteiger charge is 2.39. The lowest BCUT2D eigenvalue weighted by Gasteiger charge is -2.12. The summed E-state index contributed by atoms with van der Waals surface area (Å²) in [6.45, 7) is 0.191. The number of hydrogen-bond donors (Lipinski definition) is 0. The lowest BCUT2D eigenvalue weighted by Crippen LogP contribution is -2.13. The van der Waals surface area contributed by atoms with Crippen molar-refractivity contribution in [1.82, 2.24) is 0 Å². The van der Waals surface area contributed by atoms with Crippen LogP contribution in [-0.4, -0.2) is 12.5 Å². The first-order valence-electron chi connectivity index (χ1n) is 5.42. The smallest absolute Gasteiger partial charge is 0.248 e. The number of hydrogen-bond acceptors (Lipinski definition) is 1. The monoisotopic (exact) mass is 264 g/mol. The highest BCUT2D eigenvalue weighted by molar-refractivity contribution is 6.30. The maximum absolute atomic E-state index is 13.1. The van der Waals surface area contributed by atoms with Gasteiger partial charge in [0.2, 0.25) is 5.92 Å². The van der Waals surface area contributed by atoms with E-state index in [1.165, 1.54) is 12.1 Å². The van der Waals surface area contributed by atoms with Crippen molar-refractivity contribution in [3.05, 3.63) is 29.0 Å². The van der Waals surface area contributed by atoms with E-state index in [0.717, 1.165) is 6.07 Å². The number of rotatable bonds is 3. The van der Waals surface area contributed by atoms with Crippen LogP contribution >= 0.6 is 11.6 Å². The average Bonchev–Trinajstić information content (AvgIpc) is 2.60. The fourth-order valence-corrected chi connectivity index (χ4v) is 2.08. The Balaban J connectivity index is 1.88. The summed E-state index contributed by atoms with van der Waals surface area (Å²) in [5.74, 6) is -2.98. The molecule has 1 aliphatic carbocycles. The molecule has 0 spiro atoms. The van der Waals surface area contributed by atoms with Gasteiger partial charge in [0.25, 0.3) is 0 Å². The minimum Gasteiger partial charge on any atom is -0.493 e. The van der Waals surface area contributed by atoms with E-state index in [-0.39, 0.29) is 30.4 Å². The van der Waals surface area contributed by atoms with Crippen LogP contribution in [0.4, 0.5) is 13.2 Å². The van der Waals surface area contributed by atoms with Crippen LogP contribution in [0.2, 0.25) is 5.02 Å². The Morgan fingerprint density at radius 1 is 1.41 bits per heavy atom. The summed E-state index contributed by atoms with van der Waals surface area (Å²) >= 11 is 5.52. The van der Waals surface area contributed by atoms with Gasteiger partial charge in [-0.15, -0.1) is 0 Å². The van der Waals surface area contributed by atoms with E-state index in [1.54, 1.807) is 0 Å². The van der Waals surface area contributed by atoms with E-state index < -0.39 is 11.7 Å². The largest absolute Gasteiger partial charge is 0.493 e. The summed E-state index contributed by atoms with van der Waals surface area (Å²) in [6.07, 6.45) is 0.210. The standard InChI is InChI=1S/C12H12ClF3O/c13-10-2-1-9(5-11(10)14)17-7-8-3-4-12(15,16)6-8/h1-2,5,8H,3-4,6-7H2. The van der Waals surface area contributed by atoms with Gasteiger partial charge in [-0.3, -0.25) is 0 Å². The molecule has 0 N–H and O–H groups in total. The molecule has 1 saturated carbocycles. The van der Waals surface area contributed by atoms with Gasteiger partial charge in [0.1, 0.15) is 11.6 Å². The van der Waals surface area contributed by atoms with Crippen molar-refractivity contribution in [3.8, 4) is 5.75 Å². The lowest BCUT2D eigenvalue weighted by molar-refractivity contribution is 0.00291. The second-order valence-electron chi connectivity index (χ2n) is 4.35. The van der Waals surface area contributed by atoms with E-state index in [4.69, 9.17) is 16.3 Å². The highest BCUT2D eigenvalue weighted by atomic mass is 35.5. The van der Waals surface area contributed by atoms with Gasteiger partial charge in [0.05, 0.1) is 11.6 Å². The van der Waals surface area contributed by atoms with Crippen molar-refractivity contribution >= 4 is 11.6 Å². The first-order valence-corrected chi connectivity index (χ1v) is 5.80. The van der Waals surface area contributed by atoms with Crippen LogP contribution < -0.4 is 4.74 Å². The summed E-state index contributed by atoms with van der Waals surface area (Å²) in [7, 11) is 0. The zero-order valence-electron chi connectivity index (χ0n) is 9.06. The van der Waals surface area contributed by atoms with Crippen molar-refractivity contribution in [2.75, 3.05) is 6.61 Å². The zero-order chi connectivity index (χ0) is 12.5. The molecular weight excluding hydrogens is 253 g/mol. The van der Waals surface area contributed by atoms with Gasteiger partial charge in [-0.2, -0.15) is 0 Å². The third-order valence-electron chi connectivity index (χ3n) is 2.88. The van der Waals surface area contributed by atoms with Gasteiger partial charge < -0.3 is 4.74 Å². The maximum Gasteiger partial charge on any atom is 0.248 e. The highest BCUT2D eigenvalue weighted by Crippen LogP contribution is 2.39. The zero-order valence-corrected chi connectivity index (χ0v) is 9.81. The molecule has 1 unspecified atom stereocenters. The molecule has 0 aromatic heterocycles. The van der Waals surface area contributed by atoms with Crippen LogP contribution in [0, 0.1) is 11.7 Å². The van der Waals surface area contributed by atoms with Crippen LogP contribution in [0.3, 0.4) is 0 Å². The quantitative estimate of drug-likeness (QED) is 0.791. The summed E-state index contributed by atoms with van der Waals surface area (Å²) in [5.41, 5.74) is 0. The molecule has 0 aliphatic heterocycles. The van der Waals surface area contributed by atoms with Crippen molar-refractivity contribution in [3.63, 3.8) is 0 Å². The van der Waals surface area contributed by atoms with E-state index in [1.807, 2.05) is 0 Å².